The molecule has 0 aliphatic carbocycles. The molecule has 64 heavy (non-hydrogen) atoms. The quantitative estimate of drug-likeness (QED) is 0.106. The Labute approximate surface area is 391 Å². The summed E-state index contributed by atoms with van der Waals surface area (Å²) in [4.78, 5) is 17.9. The number of nitrogens with one attached hydrogen (secondary N) is 4. The molecule has 4 aliphatic rings. The fourth-order valence-electron chi connectivity index (χ4n) is 9.16. The molecule has 6 atom stereocenters. The number of benzene rings is 2. The third-order valence-electron chi connectivity index (χ3n) is 12.2. The number of pyridine rings is 2. The van der Waals surface area contributed by atoms with Gasteiger partial charge in [0.1, 0.15) is 11.4 Å². The van der Waals surface area contributed by atoms with Crippen LogP contribution in [-0.4, -0.2) is 91.1 Å². The summed E-state index contributed by atoms with van der Waals surface area (Å²) in [5, 5.41) is 12.2. The van der Waals surface area contributed by atoms with Gasteiger partial charge in [0.05, 0.1) is 74.3 Å². The maximum Gasteiger partial charge on any atom is 0.238 e. The molecule has 4 saturated heterocycles. The number of methoxy groups -OCH3 is 2. The Kier molecular flexibility index (Phi) is 13.8. The summed E-state index contributed by atoms with van der Waals surface area (Å²) in [6.45, 7) is 6.00. The first kappa shape index (κ1) is 44.2. The number of imidazole rings is 2. The Hall–Kier alpha value is -5.04. The molecule has 0 saturated carbocycles. The lowest BCUT2D eigenvalue weighted by atomic mass is 9.88. The van der Waals surface area contributed by atoms with Crippen molar-refractivity contribution in [3.63, 3.8) is 0 Å². The van der Waals surface area contributed by atoms with E-state index in [9.17, 15) is 0 Å². The van der Waals surface area contributed by atoms with E-state index >= 15 is 0 Å². The smallest absolute Gasteiger partial charge is 0.238 e. The fraction of sp³-hybridized carbons (Fsp3) is 0.333. The minimum absolute atomic E-state index is 0.0480. The molecule has 0 amide bonds. The second-order valence-corrected chi connectivity index (χ2v) is 18.2. The molecule has 4 fully saturated rings. The average molecular weight is 991 g/mol. The lowest BCUT2D eigenvalue weighted by Crippen LogP contribution is -2.47. The van der Waals surface area contributed by atoms with Crippen molar-refractivity contribution in [1.82, 2.24) is 60.6 Å². The van der Waals surface area contributed by atoms with E-state index in [1.807, 2.05) is 71.8 Å². The van der Waals surface area contributed by atoms with Crippen LogP contribution in [0.4, 0.5) is 0 Å². The number of piperidine rings is 2. The van der Waals surface area contributed by atoms with E-state index in [2.05, 4.69) is 144 Å². The molecule has 4 aromatic heterocycles. The highest BCUT2D eigenvalue weighted by Crippen LogP contribution is 2.38. The zero-order valence-electron chi connectivity index (χ0n) is 36.4. The van der Waals surface area contributed by atoms with E-state index in [0.29, 0.717) is 23.6 Å². The number of hydrazine groups is 2. The summed E-state index contributed by atoms with van der Waals surface area (Å²) in [6.07, 6.45) is 21.0. The van der Waals surface area contributed by atoms with Gasteiger partial charge < -0.3 is 18.6 Å². The highest BCUT2D eigenvalue weighted by Gasteiger charge is 2.40. The number of hydrogen-bond acceptors (Lipinski definition) is 12. The second-order valence-electron chi connectivity index (χ2n) is 16.5. The number of halogens is 2. The monoisotopic (exact) mass is 988 g/mol. The first-order valence-electron chi connectivity index (χ1n) is 21.8. The summed E-state index contributed by atoms with van der Waals surface area (Å²) in [5.74, 6) is 2.01. The summed E-state index contributed by atoms with van der Waals surface area (Å²) in [7, 11) is 3.28. The number of nitrogens with zero attached hydrogens (tertiary/aromatic N) is 8. The Morgan fingerprint density at radius 1 is 0.609 bits per heavy atom. The minimum atomic E-state index is 0.0480. The van der Waals surface area contributed by atoms with Gasteiger partial charge >= 0.3 is 0 Å². The lowest BCUT2D eigenvalue weighted by Gasteiger charge is -2.36. The van der Waals surface area contributed by atoms with E-state index < -0.39 is 0 Å². The maximum atomic E-state index is 5.54. The molecule has 332 valence electrons. The molecule has 6 aromatic rings. The van der Waals surface area contributed by atoms with Gasteiger partial charge in [-0.15, -0.1) is 0 Å². The zero-order valence-corrected chi connectivity index (χ0v) is 39.6. The molecule has 0 bridgehead atoms. The highest BCUT2D eigenvalue weighted by atomic mass is 79.9. The summed E-state index contributed by atoms with van der Waals surface area (Å²) in [5.41, 5.74) is 15.3. The molecular formula is C48H54Br2N12O2. The SMILES string of the molecule is COc1nc(/C=C/C2NC3[C@@H](c4ccccc4Br)CCCN3N2)ccc1-n1cnc(C)c1.COc1nc(/C=C/C2NC3[C@H](c4ccccc4Br)CCCN3N2)ccc1-n1cnc(C)c1. The van der Waals surface area contributed by atoms with Crippen molar-refractivity contribution >= 4 is 44.0 Å². The molecule has 0 radical (unpaired) electrons. The van der Waals surface area contributed by atoms with Gasteiger partial charge in [0.2, 0.25) is 11.8 Å². The van der Waals surface area contributed by atoms with Crippen LogP contribution in [0.1, 0.15) is 71.4 Å². The van der Waals surface area contributed by atoms with Crippen molar-refractivity contribution in [2.24, 2.45) is 0 Å². The van der Waals surface area contributed by atoms with Crippen molar-refractivity contribution in [3.8, 4) is 23.1 Å². The molecule has 0 spiro atoms. The number of fused-ring (bicyclic) bond motifs is 2. The maximum absolute atomic E-state index is 5.54. The van der Waals surface area contributed by atoms with Gasteiger partial charge in [-0.3, -0.25) is 10.6 Å². The van der Waals surface area contributed by atoms with Crippen molar-refractivity contribution in [2.45, 2.75) is 76.0 Å². The van der Waals surface area contributed by atoms with Crippen LogP contribution in [0.25, 0.3) is 23.5 Å². The third-order valence-corrected chi connectivity index (χ3v) is 13.6. The Bertz CT molecular complexity index is 2440. The van der Waals surface area contributed by atoms with Crippen LogP contribution in [0.5, 0.6) is 11.8 Å². The van der Waals surface area contributed by atoms with E-state index in [-0.39, 0.29) is 24.7 Å². The van der Waals surface area contributed by atoms with Gasteiger partial charge in [-0.25, -0.2) is 40.8 Å². The zero-order chi connectivity index (χ0) is 44.2. The molecule has 4 N–H and O–H groups in total. The Balaban J connectivity index is 0.000000162. The number of rotatable bonds is 10. The van der Waals surface area contributed by atoms with E-state index in [1.54, 1.807) is 26.9 Å². The van der Waals surface area contributed by atoms with Crippen LogP contribution in [0.15, 0.2) is 119 Å². The predicted octanol–water partition coefficient (Wildman–Crippen LogP) is 8.00. The largest absolute Gasteiger partial charge is 0.479 e. The van der Waals surface area contributed by atoms with Crippen LogP contribution in [0.3, 0.4) is 0 Å². The van der Waals surface area contributed by atoms with Gasteiger partial charge in [-0.1, -0.05) is 68.3 Å². The second kappa shape index (κ2) is 20.0. The van der Waals surface area contributed by atoms with E-state index in [1.165, 1.54) is 45.8 Å². The van der Waals surface area contributed by atoms with Crippen LogP contribution in [0, 0.1) is 13.8 Å². The standard InChI is InChI=1S/2C24H27BrN6O/c2*1-16-14-30(15-26-16)21-11-9-17(27-24(21)32-2)10-12-22-28-23-19(7-5-13-31(23)29-22)18-6-3-4-8-20(18)25/h2*3-4,6,8-12,14-15,19,22-23,28-29H,5,7,13H2,1-2H3/b2*12-10+/t2*19-,22?,23?/m10/s1. The number of ether oxygens (including phenoxy) is 2. The third kappa shape index (κ3) is 9.79. The number of hydrogen-bond donors (Lipinski definition) is 4. The first-order chi connectivity index (χ1) is 31.2. The molecule has 4 aliphatic heterocycles. The first-order valence-corrected chi connectivity index (χ1v) is 23.4. The summed E-state index contributed by atoms with van der Waals surface area (Å²) in [6, 6.07) is 25.1. The van der Waals surface area contributed by atoms with Crippen LogP contribution in [-0.2, 0) is 0 Å². The van der Waals surface area contributed by atoms with Crippen molar-refractivity contribution in [3.05, 3.63) is 153 Å². The topological polar surface area (TPSA) is 134 Å². The van der Waals surface area contributed by atoms with Gasteiger partial charge in [0.15, 0.2) is 0 Å². The molecule has 4 unspecified atom stereocenters. The highest BCUT2D eigenvalue weighted by molar-refractivity contribution is 9.10. The minimum Gasteiger partial charge on any atom is -0.479 e. The summed E-state index contributed by atoms with van der Waals surface area (Å²) >= 11 is 7.47. The number of aryl methyl sites for hydroxylation is 2. The molecule has 10 rings (SSSR count). The average Bonchev–Trinajstić information content (AvgIpc) is 4.14. The molecule has 2 aromatic carbocycles. The van der Waals surface area contributed by atoms with Gasteiger partial charge in [0.25, 0.3) is 0 Å². The normalized spacial score (nSPS) is 23.5. The van der Waals surface area contributed by atoms with E-state index in [4.69, 9.17) is 9.47 Å². The van der Waals surface area contributed by atoms with E-state index in [0.717, 1.165) is 47.2 Å². The van der Waals surface area contributed by atoms with Crippen LogP contribution in [0.2, 0.25) is 0 Å². The molecular weight excluding hydrogens is 936 g/mol. The Morgan fingerprint density at radius 2 is 1.05 bits per heavy atom. The number of aromatic nitrogens is 6. The Morgan fingerprint density at radius 3 is 1.44 bits per heavy atom. The van der Waals surface area contributed by atoms with Gasteiger partial charge in [-0.05, 0) is 111 Å². The molecule has 8 heterocycles. The van der Waals surface area contributed by atoms with Crippen molar-refractivity contribution < 1.29 is 9.47 Å². The van der Waals surface area contributed by atoms with Crippen molar-refractivity contribution in [1.29, 1.82) is 0 Å². The fourth-order valence-corrected chi connectivity index (χ4v) is 10.3. The van der Waals surface area contributed by atoms with Gasteiger partial charge in [-0.2, -0.15) is 0 Å². The van der Waals surface area contributed by atoms with Crippen LogP contribution >= 0.6 is 31.9 Å². The lowest BCUT2D eigenvalue weighted by molar-refractivity contribution is 0.114. The van der Waals surface area contributed by atoms with Crippen LogP contribution < -0.4 is 31.0 Å². The predicted molar refractivity (Wildman–Crippen MR) is 257 cm³/mol. The molecule has 14 nitrogen and oxygen atoms in total. The van der Waals surface area contributed by atoms with Gasteiger partial charge in [0, 0.05) is 46.3 Å². The molecule has 16 heteroatoms. The van der Waals surface area contributed by atoms with Crippen molar-refractivity contribution in [2.75, 3.05) is 27.3 Å². The summed E-state index contributed by atoms with van der Waals surface area (Å²) < 4.78 is 17.3.